The Bertz CT molecular complexity index is 421. The van der Waals surface area contributed by atoms with E-state index < -0.39 is 0 Å². The Hall–Kier alpha value is -1.30. The van der Waals surface area contributed by atoms with Crippen LogP contribution in [0.2, 0.25) is 5.02 Å². The second-order valence-electron chi connectivity index (χ2n) is 3.76. The summed E-state index contributed by atoms with van der Waals surface area (Å²) in [5, 5.41) is 3.06. The first-order valence-electron chi connectivity index (χ1n) is 5.19. The summed E-state index contributed by atoms with van der Waals surface area (Å²) in [6.07, 6.45) is 0.0302. The zero-order chi connectivity index (χ0) is 12.3. The predicted molar refractivity (Wildman–Crippen MR) is 65.1 cm³/mol. The molecule has 0 atom stereocenters. The molecule has 0 aliphatic carbocycles. The predicted octanol–water partition coefficient (Wildman–Crippen LogP) is 1.28. The number of nitrogens with one attached hydrogen (secondary N) is 1. The molecule has 6 heteroatoms. The lowest BCUT2D eigenvalue weighted by molar-refractivity contribution is -0.144. The number of hydrogen-bond donors (Lipinski definition) is 2. The standard InChI is InChI=1S/C11H13ClN2O3/c12-9-3-7(13)1-2-10(9)14-11(15)6-17-8-4-16-5-8/h1-3,8H,4-6,13H2,(H,14,15). The molecule has 0 spiro atoms. The van der Waals surface area contributed by atoms with Gasteiger partial charge in [-0.1, -0.05) is 11.6 Å². The molecule has 1 aromatic carbocycles. The third-order valence-corrected chi connectivity index (χ3v) is 2.64. The van der Waals surface area contributed by atoms with E-state index in [-0.39, 0.29) is 18.6 Å². The molecule has 1 amide bonds. The molecule has 17 heavy (non-hydrogen) atoms. The average molecular weight is 257 g/mol. The number of ether oxygens (including phenoxy) is 2. The van der Waals surface area contributed by atoms with E-state index in [2.05, 4.69) is 5.32 Å². The van der Waals surface area contributed by atoms with E-state index in [0.29, 0.717) is 29.6 Å². The van der Waals surface area contributed by atoms with Crippen LogP contribution in [-0.2, 0) is 14.3 Å². The number of hydrogen-bond acceptors (Lipinski definition) is 4. The first-order chi connectivity index (χ1) is 8.15. The minimum absolute atomic E-state index is 0.00523. The van der Waals surface area contributed by atoms with E-state index in [1.165, 1.54) is 0 Å². The van der Waals surface area contributed by atoms with Crippen molar-refractivity contribution in [1.82, 2.24) is 0 Å². The van der Waals surface area contributed by atoms with Crippen LogP contribution in [-0.4, -0.2) is 31.8 Å². The monoisotopic (exact) mass is 256 g/mol. The maximum absolute atomic E-state index is 11.5. The molecular formula is C11H13ClN2O3. The lowest BCUT2D eigenvalue weighted by Gasteiger charge is -2.25. The molecule has 1 aliphatic heterocycles. The van der Waals surface area contributed by atoms with Crippen LogP contribution < -0.4 is 11.1 Å². The molecular weight excluding hydrogens is 244 g/mol. The van der Waals surface area contributed by atoms with Crippen LogP contribution in [0, 0.1) is 0 Å². The summed E-state index contributed by atoms with van der Waals surface area (Å²) in [5.74, 6) is -0.247. The molecule has 2 rings (SSSR count). The quantitative estimate of drug-likeness (QED) is 0.796. The summed E-state index contributed by atoms with van der Waals surface area (Å²) < 4.78 is 10.2. The number of anilines is 2. The smallest absolute Gasteiger partial charge is 0.250 e. The van der Waals surface area contributed by atoms with Crippen LogP contribution in [0.5, 0.6) is 0 Å². The van der Waals surface area contributed by atoms with Gasteiger partial charge in [0.05, 0.1) is 23.9 Å². The molecule has 1 saturated heterocycles. The lowest BCUT2D eigenvalue weighted by atomic mass is 10.3. The molecule has 0 bridgehead atoms. The Morgan fingerprint density at radius 3 is 2.94 bits per heavy atom. The fourth-order valence-corrected chi connectivity index (χ4v) is 1.56. The van der Waals surface area contributed by atoms with Gasteiger partial charge in [0.2, 0.25) is 5.91 Å². The van der Waals surface area contributed by atoms with Crippen LogP contribution in [0.25, 0.3) is 0 Å². The highest BCUT2D eigenvalue weighted by atomic mass is 35.5. The van der Waals surface area contributed by atoms with Crippen molar-refractivity contribution in [3.8, 4) is 0 Å². The summed E-state index contributed by atoms with van der Waals surface area (Å²) in [6.45, 7) is 1.10. The van der Waals surface area contributed by atoms with Crippen molar-refractivity contribution in [2.45, 2.75) is 6.10 Å². The van der Waals surface area contributed by atoms with Gasteiger partial charge in [-0.25, -0.2) is 0 Å². The Labute approximate surface area is 104 Å². The Morgan fingerprint density at radius 1 is 1.59 bits per heavy atom. The van der Waals surface area contributed by atoms with Crippen molar-refractivity contribution in [1.29, 1.82) is 0 Å². The molecule has 1 heterocycles. The second-order valence-corrected chi connectivity index (χ2v) is 4.17. The van der Waals surface area contributed by atoms with Gasteiger partial charge in [-0.05, 0) is 18.2 Å². The van der Waals surface area contributed by atoms with Crippen molar-refractivity contribution in [3.63, 3.8) is 0 Å². The Morgan fingerprint density at radius 2 is 2.35 bits per heavy atom. The van der Waals surface area contributed by atoms with Crippen molar-refractivity contribution in [2.75, 3.05) is 30.9 Å². The fraction of sp³-hybridized carbons (Fsp3) is 0.364. The van der Waals surface area contributed by atoms with E-state index in [4.69, 9.17) is 26.8 Å². The summed E-state index contributed by atoms with van der Waals surface area (Å²) >= 11 is 5.92. The number of nitrogens with two attached hydrogens (primary N) is 1. The summed E-state index contributed by atoms with van der Waals surface area (Å²) in [7, 11) is 0. The summed E-state index contributed by atoms with van der Waals surface area (Å²) in [4.78, 5) is 11.5. The highest BCUT2D eigenvalue weighted by Gasteiger charge is 2.20. The first-order valence-corrected chi connectivity index (χ1v) is 5.57. The van der Waals surface area contributed by atoms with E-state index in [1.54, 1.807) is 18.2 Å². The molecule has 3 N–H and O–H groups in total. The second kappa shape index (κ2) is 5.35. The molecule has 1 aliphatic rings. The topological polar surface area (TPSA) is 73.6 Å². The summed E-state index contributed by atoms with van der Waals surface area (Å²) in [6, 6.07) is 4.90. The maximum Gasteiger partial charge on any atom is 0.250 e. The molecule has 0 radical (unpaired) electrons. The van der Waals surface area contributed by atoms with E-state index in [1.807, 2.05) is 0 Å². The van der Waals surface area contributed by atoms with Gasteiger partial charge in [0, 0.05) is 5.69 Å². The van der Waals surface area contributed by atoms with Gasteiger partial charge in [0.25, 0.3) is 0 Å². The summed E-state index contributed by atoms with van der Waals surface area (Å²) in [5.41, 5.74) is 6.63. The number of carbonyl (C=O) groups is 1. The van der Waals surface area contributed by atoms with Crippen LogP contribution in [0.15, 0.2) is 18.2 Å². The van der Waals surface area contributed by atoms with Gasteiger partial charge in [-0.15, -0.1) is 0 Å². The molecule has 0 aromatic heterocycles. The van der Waals surface area contributed by atoms with Crippen LogP contribution >= 0.6 is 11.6 Å². The van der Waals surface area contributed by atoms with Gasteiger partial charge >= 0.3 is 0 Å². The number of benzene rings is 1. The van der Waals surface area contributed by atoms with Crippen LogP contribution in [0.1, 0.15) is 0 Å². The molecule has 92 valence electrons. The van der Waals surface area contributed by atoms with Crippen LogP contribution in [0.4, 0.5) is 11.4 Å². The average Bonchev–Trinajstić information content (AvgIpc) is 2.20. The van der Waals surface area contributed by atoms with Crippen molar-refractivity contribution in [3.05, 3.63) is 23.2 Å². The van der Waals surface area contributed by atoms with E-state index >= 15 is 0 Å². The minimum atomic E-state index is -0.247. The third kappa shape index (κ3) is 3.33. The Balaban J connectivity index is 1.84. The highest BCUT2D eigenvalue weighted by molar-refractivity contribution is 6.34. The van der Waals surface area contributed by atoms with Gasteiger partial charge in [-0.3, -0.25) is 4.79 Å². The van der Waals surface area contributed by atoms with Crippen LogP contribution in [0.3, 0.4) is 0 Å². The van der Waals surface area contributed by atoms with E-state index in [9.17, 15) is 4.79 Å². The van der Waals surface area contributed by atoms with Crippen molar-refractivity contribution in [2.24, 2.45) is 0 Å². The fourth-order valence-electron chi connectivity index (χ4n) is 1.32. The first kappa shape index (κ1) is 12.2. The number of halogens is 1. The van der Waals surface area contributed by atoms with Crippen molar-refractivity contribution < 1.29 is 14.3 Å². The number of nitrogen functional groups attached to an aromatic ring is 1. The number of carbonyl (C=O) groups excluding carboxylic acids is 1. The molecule has 1 aromatic rings. The molecule has 0 saturated carbocycles. The molecule has 0 unspecified atom stereocenters. The highest BCUT2D eigenvalue weighted by Crippen LogP contribution is 2.23. The third-order valence-electron chi connectivity index (χ3n) is 2.32. The van der Waals surface area contributed by atoms with Gasteiger partial charge in [0.15, 0.2) is 0 Å². The largest absolute Gasteiger partial charge is 0.399 e. The van der Waals surface area contributed by atoms with Gasteiger partial charge in [-0.2, -0.15) is 0 Å². The SMILES string of the molecule is Nc1ccc(NC(=O)COC2COC2)c(Cl)c1. The number of rotatable bonds is 4. The van der Waals surface area contributed by atoms with Crippen molar-refractivity contribution >= 4 is 28.9 Å². The van der Waals surface area contributed by atoms with E-state index in [0.717, 1.165) is 0 Å². The zero-order valence-corrected chi connectivity index (χ0v) is 9.87. The zero-order valence-electron chi connectivity index (χ0n) is 9.11. The van der Waals surface area contributed by atoms with Gasteiger partial charge in [0.1, 0.15) is 12.7 Å². The lowest BCUT2D eigenvalue weighted by Crippen LogP contribution is -2.38. The number of amides is 1. The molecule has 5 nitrogen and oxygen atoms in total. The van der Waals surface area contributed by atoms with Gasteiger partial charge < -0.3 is 20.5 Å². The minimum Gasteiger partial charge on any atom is -0.399 e. The maximum atomic E-state index is 11.5. The molecule has 1 fully saturated rings. The normalized spacial score (nSPS) is 15.4. The Kier molecular flexibility index (Phi) is 3.83.